The average Bonchev–Trinajstić information content (AvgIpc) is 3.14. The molecule has 0 saturated carbocycles. The maximum atomic E-state index is 5.30. The fraction of sp³-hybridized carbons (Fsp3) is 0. The molecule has 0 spiro atoms. The second-order valence-electron chi connectivity index (χ2n) is 11.5. The zero-order valence-electron chi connectivity index (χ0n) is 24.8. The summed E-state index contributed by atoms with van der Waals surface area (Å²) in [7, 11) is 0. The fourth-order valence-corrected chi connectivity index (χ4v) is 6.38. The lowest BCUT2D eigenvalue weighted by Crippen LogP contribution is -1.95. The monoisotopic (exact) mass is 586 g/mol. The van der Waals surface area contributed by atoms with Gasteiger partial charge < -0.3 is 0 Å². The highest BCUT2D eigenvalue weighted by Gasteiger charge is 2.17. The topological polar surface area (TPSA) is 51.6 Å². The molecule has 4 heterocycles. The lowest BCUT2D eigenvalue weighted by molar-refractivity contribution is 1.34. The Morgan fingerprint density at radius 1 is 0.348 bits per heavy atom. The van der Waals surface area contributed by atoms with Crippen molar-refractivity contribution in [2.24, 2.45) is 0 Å². The number of benzene rings is 5. The van der Waals surface area contributed by atoms with Gasteiger partial charge >= 0.3 is 0 Å². The molecule has 4 heteroatoms. The van der Waals surface area contributed by atoms with Crippen molar-refractivity contribution in [1.82, 2.24) is 19.9 Å². The van der Waals surface area contributed by atoms with Crippen LogP contribution in [0.2, 0.25) is 0 Å². The molecule has 9 rings (SSSR count). The number of hydrogen-bond donors (Lipinski definition) is 0. The number of hydrogen-bond acceptors (Lipinski definition) is 4. The molecule has 214 valence electrons. The van der Waals surface area contributed by atoms with Crippen LogP contribution in [0.3, 0.4) is 0 Å². The van der Waals surface area contributed by atoms with Crippen molar-refractivity contribution in [3.05, 3.63) is 158 Å². The van der Waals surface area contributed by atoms with E-state index in [4.69, 9.17) is 19.9 Å². The Morgan fingerprint density at radius 2 is 0.913 bits per heavy atom. The van der Waals surface area contributed by atoms with Crippen LogP contribution >= 0.6 is 0 Å². The lowest BCUT2D eigenvalue weighted by Gasteiger charge is -2.14. The Morgan fingerprint density at radius 3 is 1.61 bits per heavy atom. The third kappa shape index (κ3) is 4.47. The lowest BCUT2D eigenvalue weighted by atomic mass is 9.96. The molecule has 0 fully saturated rings. The van der Waals surface area contributed by atoms with E-state index in [-0.39, 0.29) is 0 Å². The van der Waals surface area contributed by atoms with Crippen molar-refractivity contribution in [1.29, 1.82) is 0 Å². The van der Waals surface area contributed by atoms with Crippen LogP contribution in [0, 0.1) is 0 Å². The largest absolute Gasteiger partial charge is 0.254 e. The van der Waals surface area contributed by atoms with Gasteiger partial charge in [-0.25, -0.2) is 15.0 Å². The van der Waals surface area contributed by atoms with Crippen LogP contribution in [0.5, 0.6) is 0 Å². The smallest absolute Gasteiger partial charge is 0.0979 e. The number of pyridine rings is 4. The summed E-state index contributed by atoms with van der Waals surface area (Å²) in [5.74, 6) is 0. The van der Waals surface area contributed by atoms with E-state index in [1.165, 1.54) is 11.1 Å². The second kappa shape index (κ2) is 10.7. The van der Waals surface area contributed by atoms with E-state index in [0.29, 0.717) is 0 Å². The molecule has 5 aromatic carbocycles. The Hall–Kier alpha value is -6.26. The molecule has 4 aromatic heterocycles. The molecule has 46 heavy (non-hydrogen) atoms. The van der Waals surface area contributed by atoms with Crippen LogP contribution in [0.4, 0.5) is 0 Å². The van der Waals surface area contributed by atoms with Gasteiger partial charge in [0, 0.05) is 44.4 Å². The van der Waals surface area contributed by atoms with Crippen LogP contribution in [-0.2, 0) is 0 Å². The van der Waals surface area contributed by atoms with Crippen molar-refractivity contribution in [3.8, 4) is 44.9 Å². The Kier molecular flexibility index (Phi) is 6.10. The Labute approximate surface area is 265 Å². The molecule has 0 atom stereocenters. The van der Waals surface area contributed by atoms with E-state index in [1.54, 1.807) is 0 Å². The highest BCUT2D eigenvalue weighted by molar-refractivity contribution is 6.12. The predicted octanol–water partition coefficient (Wildman–Crippen LogP) is 10.5. The maximum Gasteiger partial charge on any atom is 0.0979 e. The quantitative estimate of drug-likeness (QED) is 0.193. The first kappa shape index (κ1) is 26.2. The first-order chi connectivity index (χ1) is 22.8. The van der Waals surface area contributed by atoms with Gasteiger partial charge in [-0.15, -0.1) is 0 Å². The van der Waals surface area contributed by atoms with Crippen molar-refractivity contribution >= 4 is 43.6 Å². The molecule has 0 radical (unpaired) electrons. The second-order valence-corrected chi connectivity index (χ2v) is 11.5. The summed E-state index contributed by atoms with van der Waals surface area (Å²) in [6.45, 7) is 0. The Balaban J connectivity index is 1.28. The van der Waals surface area contributed by atoms with Crippen LogP contribution in [0.1, 0.15) is 0 Å². The van der Waals surface area contributed by atoms with Crippen LogP contribution < -0.4 is 0 Å². The summed E-state index contributed by atoms with van der Waals surface area (Å²) in [6, 6.07) is 52.5. The van der Waals surface area contributed by atoms with E-state index in [2.05, 4.69) is 115 Å². The summed E-state index contributed by atoms with van der Waals surface area (Å²) in [4.78, 5) is 20.3. The van der Waals surface area contributed by atoms with Crippen molar-refractivity contribution in [2.45, 2.75) is 0 Å². The number of nitrogens with zero attached hydrogens (tertiary/aromatic N) is 4. The molecule has 0 saturated heterocycles. The van der Waals surface area contributed by atoms with Gasteiger partial charge in [-0.1, -0.05) is 115 Å². The van der Waals surface area contributed by atoms with Crippen molar-refractivity contribution in [3.63, 3.8) is 0 Å². The van der Waals surface area contributed by atoms with E-state index >= 15 is 0 Å². The van der Waals surface area contributed by atoms with Gasteiger partial charge in [0.2, 0.25) is 0 Å². The molecule has 0 aliphatic heterocycles. The van der Waals surface area contributed by atoms with Gasteiger partial charge in [-0.05, 0) is 47.5 Å². The molecule has 9 aromatic rings. The third-order valence-corrected chi connectivity index (χ3v) is 8.73. The minimum Gasteiger partial charge on any atom is -0.254 e. The number of aromatic nitrogens is 4. The predicted molar refractivity (Wildman–Crippen MR) is 189 cm³/mol. The van der Waals surface area contributed by atoms with Gasteiger partial charge in [0.05, 0.1) is 39.1 Å². The summed E-state index contributed by atoms with van der Waals surface area (Å²) in [6.07, 6.45) is 1.87. The first-order valence-electron chi connectivity index (χ1n) is 15.4. The SMILES string of the molecule is c1ccc(-c2ccc(-c3cc(-c4ccc5ccccc5n4)c4ccc5c(-c6ccc7ccccc7n6)ccnc5c4n3)cc2)cc1. The molecule has 0 aliphatic rings. The zero-order valence-corrected chi connectivity index (χ0v) is 24.8. The van der Waals surface area contributed by atoms with Gasteiger partial charge in [0.15, 0.2) is 0 Å². The molecule has 0 N–H and O–H groups in total. The average molecular weight is 587 g/mol. The standard InChI is InChI=1S/C42H26N4/c1-2-8-27(9-3-1)28-14-16-31(17-15-28)40-26-35(39-23-19-30-11-5-7-13-37(30)45-39)34-21-20-33-32(24-25-43-41(33)42(34)46-40)38-22-18-29-10-4-6-12-36(29)44-38/h1-26H. The fourth-order valence-electron chi connectivity index (χ4n) is 6.38. The summed E-state index contributed by atoms with van der Waals surface area (Å²) in [5, 5.41) is 4.25. The molecule has 4 nitrogen and oxygen atoms in total. The van der Waals surface area contributed by atoms with Gasteiger partial charge in [-0.3, -0.25) is 4.98 Å². The van der Waals surface area contributed by atoms with Gasteiger partial charge in [0.25, 0.3) is 0 Å². The Bertz CT molecular complexity index is 2570. The highest BCUT2D eigenvalue weighted by atomic mass is 14.8. The van der Waals surface area contributed by atoms with Crippen molar-refractivity contribution < 1.29 is 0 Å². The normalized spacial score (nSPS) is 11.5. The van der Waals surface area contributed by atoms with Gasteiger partial charge in [0.1, 0.15) is 0 Å². The molecular weight excluding hydrogens is 560 g/mol. The van der Waals surface area contributed by atoms with Crippen LogP contribution in [-0.4, -0.2) is 19.9 Å². The third-order valence-electron chi connectivity index (χ3n) is 8.73. The van der Waals surface area contributed by atoms with Crippen LogP contribution in [0.15, 0.2) is 158 Å². The number of fused-ring (bicyclic) bond motifs is 5. The maximum absolute atomic E-state index is 5.30. The molecule has 0 amide bonds. The molecule has 0 aliphatic carbocycles. The number of rotatable bonds is 4. The molecular formula is C42H26N4. The van der Waals surface area contributed by atoms with Gasteiger partial charge in [-0.2, -0.15) is 0 Å². The van der Waals surface area contributed by atoms with E-state index in [0.717, 1.165) is 77.4 Å². The van der Waals surface area contributed by atoms with E-state index in [9.17, 15) is 0 Å². The molecule has 0 bridgehead atoms. The van der Waals surface area contributed by atoms with Crippen molar-refractivity contribution in [2.75, 3.05) is 0 Å². The van der Waals surface area contributed by atoms with Crippen LogP contribution in [0.25, 0.3) is 88.5 Å². The summed E-state index contributed by atoms with van der Waals surface area (Å²) in [5.41, 5.74) is 11.7. The summed E-state index contributed by atoms with van der Waals surface area (Å²) < 4.78 is 0. The highest BCUT2D eigenvalue weighted by Crippen LogP contribution is 2.38. The minimum atomic E-state index is 0.842. The van der Waals surface area contributed by atoms with E-state index in [1.807, 2.05) is 42.6 Å². The van der Waals surface area contributed by atoms with E-state index < -0.39 is 0 Å². The number of para-hydroxylation sites is 2. The first-order valence-corrected chi connectivity index (χ1v) is 15.4. The minimum absolute atomic E-state index is 0.842. The zero-order chi connectivity index (χ0) is 30.5. The summed E-state index contributed by atoms with van der Waals surface area (Å²) >= 11 is 0. The molecule has 0 unspecified atom stereocenters.